The molecule has 2 amide bonds. The zero-order valence-electron chi connectivity index (χ0n) is 13.2. The van der Waals surface area contributed by atoms with Crippen molar-refractivity contribution in [1.29, 1.82) is 0 Å². The van der Waals surface area contributed by atoms with E-state index < -0.39 is 0 Å². The van der Waals surface area contributed by atoms with Crippen LogP contribution < -0.4 is 5.32 Å². The van der Waals surface area contributed by atoms with E-state index in [0.29, 0.717) is 24.0 Å². The van der Waals surface area contributed by atoms with Crippen LogP contribution in [0.15, 0.2) is 28.8 Å². The molecule has 4 rings (SSSR count). The number of urea groups is 1. The average Bonchev–Trinajstić information content (AvgIpc) is 3.32. The van der Waals surface area contributed by atoms with Crippen LogP contribution in [0.3, 0.4) is 0 Å². The van der Waals surface area contributed by atoms with Crippen LogP contribution in [-0.2, 0) is 0 Å². The number of carbonyl (C=O) groups is 1. The monoisotopic (exact) mass is 330 g/mol. The van der Waals surface area contributed by atoms with E-state index in [1.54, 1.807) is 17.0 Å². The summed E-state index contributed by atoms with van der Waals surface area (Å²) in [6.45, 7) is 0.618. The van der Waals surface area contributed by atoms with Gasteiger partial charge in [0.1, 0.15) is 11.9 Å². The lowest BCUT2D eigenvalue weighted by Gasteiger charge is -2.33. The summed E-state index contributed by atoms with van der Waals surface area (Å²) < 4.78 is 18.7. The summed E-state index contributed by atoms with van der Waals surface area (Å²) in [7, 11) is 0. The van der Waals surface area contributed by atoms with Crippen molar-refractivity contribution in [1.82, 2.24) is 15.0 Å². The maximum atomic E-state index is 13.3. The standard InChI is InChI=1S/C17H19FN4O2/c18-12-4-3-5-13(10-12)19-17(23)22-9-2-1-6-14(22)16-20-15(21-24-16)11-7-8-11/h3-5,10-11,14H,1-2,6-9H2,(H,19,23). The number of halogens is 1. The number of anilines is 1. The van der Waals surface area contributed by atoms with Gasteiger partial charge in [-0.2, -0.15) is 4.98 Å². The average molecular weight is 330 g/mol. The molecule has 2 fully saturated rings. The molecule has 126 valence electrons. The smallest absolute Gasteiger partial charge is 0.322 e. The predicted octanol–water partition coefficient (Wildman–Crippen LogP) is 3.85. The van der Waals surface area contributed by atoms with Crippen molar-refractivity contribution in [3.63, 3.8) is 0 Å². The highest BCUT2D eigenvalue weighted by molar-refractivity contribution is 5.89. The van der Waals surface area contributed by atoms with Crippen LogP contribution in [0.25, 0.3) is 0 Å². The van der Waals surface area contributed by atoms with Gasteiger partial charge in [-0.1, -0.05) is 11.2 Å². The van der Waals surface area contributed by atoms with Gasteiger partial charge in [-0.05, 0) is 50.3 Å². The summed E-state index contributed by atoms with van der Waals surface area (Å²) >= 11 is 0. The van der Waals surface area contributed by atoms with Gasteiger partial charge < -0.3 is 14.7 Å². The lowest BCUT2D eigenvalue weighted by atomic mass is 10.0. The summed E-state index contributed by atoms with van der Waals surface area (Å²) in [6, 6.07) is 5.39. The Bertz CT molecular complexity index is 744. The molecule has 1 aromatic heterocycles. The Morgan fingerprint density at radius 1 is 1.29 bits per heavy atom. The molecule has 1 saturated heterocycles. The summed E-state index contributed by atoms with van der Waals surface area (Å²) in [5.41, 5.74) is 0.438. The van der Waals surface area contributed by atoms with Crippen LogP contribution in [-0.4, -0.2) is 27.6 Å². The SMILES string of the molecule is O=C(Nc1cccc(F)c1)N1CCCCC1c1nc(C2CC2)no1. The number of nitrogens with zero attached hydrogens (tertiary/aromatic N) is 3. The fourth-order valence-electron chi connectivity index (χ4n) is 3.08. The third kappa shape index (κ3) is 3.11. The number of rotatable bonds is 3. The van der Waals surface area contributed by atoms with Crippen molar-refractivity contribution in [2.75, 3.05) is 11.9 Å². The van der Waals surface area contributed by atoms with Crippen molar-refractivity contribution in [3.8, 4) is 0 Å². The Labute approximate surface area is 139 Å². The molecule has 0 bridgehead atoms. The normalized spacial score (nSPS) is 20.9. The lowest BCUT2D eigenvalue weighted by Crippen LogP contribution is -2.41. The molecule has 7 heteroatoms. The van der Waals surface area contributed by atoms with Gasteiger partial charge in [-0.3, -0.25) is 0 Å². The van der Waals surface area contributed by atoms with Gasteiger partial charge in [0.05, 0.1) is 0 Å². The number of likely N-dealkylation sites (tertiary alicyclic amines) is 1. The first kappa shape index (κ1) is 15.1. The van der Waals surface area contributed by atoms with Crippen molar-refractivity contribution >= 4 is 11.7 Å². The van der Waals surface area contributed by atoms with Crippen molar-refractivity contribution < 1.29 is 13.7 Å². The molecule has 1 aromatic carbocycles. The van der Waals surface area contributed by atoms with Crippen LogP contribution in [0.4, 0.5) is 14.9 Å². The number of piperidine rings is 1. The van der Waals surface area contributed by atoms with E-state index >= 15 is 0 Å². The highest BCUT2D eigenvalue weighted by atomic mass is 19.1. The number of hydrogen-bond donors (Lipinski definition) is 1. The molecule has 1 saturated carbocycles. The number of hydrogen-bond acceptors (Lipinski definition) is 4. The largest absolute Gasteiger partial charge is 0.337 e. The van der Waals surface area contributed by atoms with E-state index in [1.165, 1.54) is 12.1 Å². The van der Waals surface area contributed by atoms with E-state index in [1.807, 2.05) is 0 Å². The van der Waals surface area contributed by atoms with Crippen LogP contribution in [0.2, 0.25) is 0 Å². The number of aromatic nitrogens is 2. The third-order valence-corrected chi connectivity index (χ3v) is 4.52. The number of amides is 2. The summed E-state index contributed by atoms with van der Waals surface area (Å²) in [5.74, 6) is 1.29. The summed E-state index contributed by atoms with van der Waals surface area (Å²) in [6.07, 6.45) is 4.94. The highest BCUT2D eigenvalue weighted by Crippen LogP contribution is 2.39. The minimum atomic E-state index is -0.381. The molecule has 1 unspecified atom stereocenters. The second kappa shape index (κ2) is 6.22. The van der Waals surface area contributed by atoms with Gasteiger partial charge in [0.25, 0.3) is 0 Å². The van der Waals surface area contributed by atoms with E-state index in [9.17, 15) is 9.18 Å². The molecule has 1 aliphatic carbocycles. The first-order chi connectivity index (χ1) is 11.7. The van der Waals surface area contributed by atoms with E-state index in [-0.39, 0.29) is 17.9 Å². The van der Waals surface area contributed by atoms with E-state index in [2.05, 4.69) is 15.5 Å². The van der Waals surface area contributed by atoms with Crippen molar-refractivity contribution in [2.45, 2.75) is 44.1 Å². The second-order valence-corrected chi connectivity index (χ2v) is 6.41. The Balaban J connectivity index is 1.51. The quantitative estimate of drug-likeness (QED) is 0.928. The van der Waals surface area contributed by atoms with Gasteiger partial charge in [0, 0.05) is 18.2 Å². The van der Waals surface area contributed by atoms with Gasteiger partial charge >= 0.3 is 6.03 Å². The second-order valence-electron chi connectivity index (χ2n) is 6.41. The van der Waals surface area contributed by atoms with Crippen molar-refractivity contribution in [2.24, 2.45) is 0 Å². The summed E-state index contributed by atoms with van der Waals surface area (Å²) in [5, 5.41) is 6.80. The van der Waals surface area contributed by atoms with Gasteiger partial charge in [-0.25, -0.2) is 9.18 Å². The molecule has 0 radical (unpaired) electrons. The number of carbonyl (C=O) groups excluding carboxylic acids is 1. The number of benzene rings is 1. The topological polar surface area (TPSA) is 71.3 Å². The Morgan fingerprint density at radius 2 is 2.17 bits per heavy atom. The van der Waals surface area contributed by atoms with E-state index in [0.717, 1.165) is 37.9 Å². The molecular formula is C17H19FN4O2. The Hall–Kier alpha value is -2.44. The lowest BCUT2D eigenvalue weighted by molar-refractivity contribution is 0.142. The molecule has 2 aromatic rings. The van der Waals surface area contributed by atoms with Gasteiger partial charge in [0.2, 0.25) is 5.89 Å². The molecule has 2 aliphatic rings. The molecule has 6 nitrogen and oxygen atoms in total. The molecule has 1 atom stereocenters. The van der Waals surface area contributed by atoms with E-state index in [4.69, 9.17) is 4.52 Å². The molecule has 1 N–H and O–H groups in total. The molecule has 24 heavy (non-hydrogen) atoms. The third-order valence-electron chi connectivity index (χ3n) is 4.52. The highest BCUT2D eigenvalue weighted by Gasteiger charge is 2.35. The van der Waals surface area contributed by atoms with Crippen LogP contribution in [0, 0.1) is 5.82 Å². The zero-order chi connectivity index (χ0) is 16.5. The Kier molecular flexibility index (Phi) is 3.92. The minimum absolute atomic E-state index is 0.215. The maximum Gasteiger partial charge on any atom is 0.322 e. The van der Waals surface area contributed by atoms with Crippen molar-refractivity contribution in [3.05, 3.63) is 41.8 Å². The molecule has 1 aliphatic heterocycles. The summed E-state index contributed by atoms with van der Waals surface area (Å²) in [4.78, 5) is 18.8. The first-order valence-corrected chi connectivity index (χ1v) is 8.37. The van der Waals surface area contributed by atoms with Crippen LogP contribution in [0.5, 0.6) is 0 Å². The van der Waals surface area contributed by atoms with Gasteiger partial charge in [-0.15, -0.1) is 0 Å². The first-order valence-electron chi connectivity index (χ1n) is 8.37. The number of nitrogens with one attached hydrogen (secondary N) is 1. The fourth-order valence-corrected chi connectivity index (χ4v) is 3.08. The van der Waals surface area contributed by atoms with Crippen LogP contribution >= 0.6 is 0 Å². The zero-order valence-corrected chi connectivity index (χ0v) is 13.2. The maximum absolute atomic E-state index is 13.3. The van der Waals surface area contributed by atoms with Gasteiger partial charge in [0.15, 0.2) is 5.82 Å². The molecule has 2 heterocycles. The molecule has 0 spiro atoms. The fraction of sp³-hybridized carbons (Fsp3) is 0.471. The minimum Gasteiger partial charge on any atom is -0.337 e. The Morgan fingerprint density at radius 3 is 2.96 bits per heavy atom. The van der Waals surface area contributed by atoms with Crippen LogP contribution in [0.1, 0.15) is 55.8 Å². The molecular weight excluding hydrogens is 311 g/mol. The predicted molar refractivity (Wildman–Crippen MR) is 85.0 cm³/mol.